The molecule has 8 heteroatoms. The van der Waals surface area contributed by atoms with Crippen molar-refractivity contribution in [1.82, 2.24) is 15.2 Å². The first-order valence-corrected chi connectivity index (χ1v) is 6.95. The topological polar surface area (TPSA) is 112 Å². The van der Waals surface area contributed by atoms with Gasteiger partial charge in [0.15, 0.2) is 11.5 Å². The molecule has 0 saturated heterocycles. The first-order chi connectivity index (χ1) is 10.8. The molecular weight excluding hydrogens is 298 g/mol. The molecule has 0 aliphatic rings. The third kappa shape index (κ3) is 4.06. The third-order valence-electron chi connectivity index (χ3n) is 2.99. The summed E-state index contributed by atoms with van der Waals surface area (Å²) in [6.07, 6.45) is 1.47. The Morgan fingerprint density at radius 3 is 2.65 bits per heavy atom. The minimum Gasteiger partial charge on any atom is -0.504 e. The zero-order valence-electron chi connectivity index (χ0n) is 13.4. The Balaban J connectivity index is 2.10. The number of methoxy groups -OCH3 is 1. The lowest BCUT2D eigenvalue weighted by atomic mass is 9.93. The van der Waals surface area contributed by atoms with Gasteiger partial charge in [-0.05, 0) is 23.8 Å². The van der Waals surface area contributed by atoms with Gasteiger partial charge in [-0.25, -0.2) is 5.43 Å². The Hall–Kier alpha value is -2.90. The number of ether oxygens (including phenoxy) is 1. The highest BCUT2D eigenvalue weighted by atomic mass is 16.5. The number of nitrogens with one attached hydrogen (secondary N) is 2. The fraction of sp³-hybridized carbons (Fsp3) is 0.333. The SMILES string of the molecule is COc1ccc(/C=N/Nc2nnc(C(C)(C)C)c(=O)[nH]2)cc1O. The standard InChI is InChI=1S/C15H19N5O3/c1-15(2,3)12-13(22)17-14(20-18-12)19-16-8-9-5-6-11(23-4)10(21)7-9/h5-8,21H,1-4H3,(H2,17,19,20,22)/b16-8+. The first kappa shape index (κ1) is 16.5. The molecule has 0 saturated carbocycles. The van der Waals surface area contributed by atoms with Gasteiger partial charge in [0.25, 0.3) is 5.56 Å². The number of aromatic hydroxyl groups is 1. The highest BCUT2D eigenvalue weighted by molar-refractivity contribution is 5.81. The normalized spacial score (nSPS) is 11.7. The van der Waals surface area contributed by atoms with Crippen molar-refractivity contribution in [2.75, 3.05) is 12.5 Å². The molecule has 0 atom stereocenters. The van der Waals surface area contributed by atoms with E-state index in [-0.39, 0.29) is 22.7 Å². The molecule has 0 radical (unpaired) electrons. The van der Waals surface area contributed by atoms with Gasteiger partial charge in [0, 0.05) is 5.41 Å². The van der Waals surface area contributed by atoms with Crippen molar-refractivity contribution < 1.29 is 9.84 Å². The number of aromatic nitrogens is 3. The van der Waals surface area contributed by atoms with E-state index in [1.165, 1.54) is 19.4 Å². The maximum absolute atomic E-state index is 11.9. The third-order valence-corrected chi connectivity index (χ3v) is 2.99. The van der Waals surface area contributed by atoms with E-state index in [9.17, 15) is 9.90 Å². The Bertz CT molecular complexity index is 777. The average Bonchev–Trinajstić information content (AvgIpc) is 2.46. The number of aromatic amines is 1. The van der Waals surface area contributed by atoms with Crippen LogP contribution >= 0.6 is 0 Å². The molecule has 0 spiro atoms. The van der Waals surface area contributed by atoms with Gasteiger partial charge in [0.1, 0.15) is 5.69 Å². The van der Waals surface area contributed by atoms with Crippen LogP contribution in [0.3, 0.4) is 0 Å². The smallest absolute Gasteiger partial charge is 0.274 e. The predicted octanol–water partition coefficient (Wildman–Crippen LogP) is 1.62. The molecular formula is C15H19N5O3. The van der Waals surface area contributed by atoms with Gasteiger partial charge in [-0.1, -0.05) is 20.8 Å². The molecule has 0 amide bonds. The second-order valence-corrected chi connectivity index (χ2v) is 5.90. The molecule has 0 aliphatic heterocycles. The number of phenols is 1. The fourth-order valence-corrected chi connectivity index (χ4v) is 1.83. The van der Waals surface area contributed by atoms with Crippen LogP contribution in [0.15, 0.2) is 28.1 Å². The van der Waals surface area contributed by atoms with Gasteiger partial charge in [0.05, 0.1) is 13.3 Å². The van der Waals surface area contributed by atoms with Crippen molar-refractivity contribution in [3.63, 3.8) is 0 Å². The monoisotopic (exact) mass is 317 g/mol. The van der Waals surface area contributed by atoms with E-state index in [4.69, 9.17) is 4.74 Å². The van der Waals surface area contributed by atoms with E-state index < -0.39 is 0 Å². The number of benzene rings is 1. The van der Waals surface area contributed by atoms with Gasteiger partial charge in [-0.3, -0.25) is 9.78 Å². The Morgan fingerprint density at radius 2 is 2.09 bits per heavy atom. The maximum Gasteiger partial charge on any atom is 0.274 e. The van der Waals surface area contributed by atoms with Crippen LogP contribution in [0.2, 0.25) is 0 Å². The van der Waals surface area contributed by atoms with Gasteiger partial charge in [0.2, 0.25) is 5.95 Å². The maximum atomic E-state index is 11.9. The van der Waals surface area contributed by atoms with Crippen molar-refractivity contribution in [1.29, 1.82) is 0 Å². The lowest BCUT2D eigenvalue weighted by Gasteiger charge is -2.15. The number of anilines is 1. The summed E-state index contributed by atoms with van der Waals surface area (Å²) in [7, 11) is 1.47. The summed E-state index contributed by atoms with van der Waals surface area (Å²) >= 11 is 0. The number of nitrogens with zero attached hydrogens (tertiary/aromatic N) is 3. The van der Waals surface area contributed by atoms with Crippen LogP contribution in [-0.2, 0) is 5.41 Å². The Labute approximate surface area is 133 Å². The van der Waals surface area contributed by atoms with Crippen molar-refractivity contribution in [3.05, 3.63) is 39.8 Å². The van der Waals surface area contributed by atoms with Gasteiger partial charge in [-0.2, -0.15) is 5.10 Å². The lowest BCUT2D eigenvalue weighted by molar-refractivity contribution is 0.373. The molecule has 2 rings (SSSR count). The van der Waals surface area contributed by atoms with E-state index in [1.54, 1.807) is 12.1 Å². The summed E-state index contributed by atoms with van der Waals surface area (Å²) in [5.41, 5.74) is 2.89. The molecule has 2 aromatic rings. The summed E-state index contributed by atoms with van der Waals surface area (Å²) in [4.78, 5) is 14.5. The van der Waals surface area contributed by atoms with Crippen LogP contribution in [0.5, 0.6) is 11.5 Å². The molecule has 8 nitrogen and oxygen atoms in total. The second-order valence-electron chi connectivity index (χ2n) is 5.90. The van der Waals surface area contributed by atoms with E-state index in [1.807, 2.05) is 20.8 Å². The second kappa shape index (κ2) is 6.47. The van der Waals surface area contributed by atoms with Crippen molar-refractivity contribution >= 4 is 12.2 Å². The quantitative estimate of drug-likeness (QED) is 0.583. The highest BCUT2D eigenvalue weighted by Gasteiger charge is 2.20. The van der Waals surface area contributed by atoms with Crippen molar-refractivity contribution in [3.8, 4) is 11.5 Å². The molecule has 1 heterocycles. The number of phenolic OH excluding ortho intramolecular Hbond substituents is 1. The fourth-order valence-electron chi connectivity index (χ4n) is 1.83. The molecule has 122 valence electrons. The number of hydrogen-bond acceptors (Lipinski definition) is 7. The van der Waals surface area contributed by atoms with E-state index >= 15 is 0 Å². The number of hydrogen-bond donors (Lipinski definition) is 3. The summed E-state index contributed by atoms with van der Waals surface area (Å²) in [6, 6.07) is 4.85. The number of rotatable bonds is 4. The average molecular weight is 317 g/mol. The summed E-state index contributed by atoms with van der Waals surface area (Å²) in [6.45, 7) is 5.65. The molecule has 0 unspecified atom stereocenters. The molecule has 1 aromatic heterocycles. The van der Waals surface area contributed by atoms with Crippen LogP contribution in [-0.4, -0.2) is 33.6 Å². The lowest BCUT2D eigenvalue weighted by Crippen LogP contribution is -2.28. The number of H-pyrrole nitrogens is 1. The molecule has 0 bridgehead atoms. The Morgan fingerprint density at radius 1 is 1.35 bits per heavy atom. The van der Waals surface area contributed by atoms with Gasteiger partial charge >= 0.3 is 0 Å². The molecule has 0 fully saturated rings. The highest BCUT2D eigenvalue weighted by Crippen LogP contribution is 2.25. The van der Waals surface area contributed by atoms with Gasteiger partial charge < -0.3 is 9.84 Å². The zero-order valence-corrected chi connectivity index (χ0v) is 13.4. The van der Waals surface area contributed by atoms with E-state index in [0.29, 0.717) is 17.0 Å². The predicted molar refractivity (Wildman–Crippen MR) is 87.2 cm³/mol. The van der Waals surface area contributed by atoms with Crippen LogP contribution < -0.4 is 15.7 Å². The van der Waals surface area contributed by atoms with Crippen molar-refractivity contribution in [2.45, 2.75) is 26.2 Å². The molecule has 1 aromatic carbocycles. The molecule has 3 N–H and O–H groups in total. The molecule has 23 heavy (non-hydrogen) atoms. The summed E-state index contributed by atoms with van der Waals surface area (Å²) in [5, 5.41) is 21.4. The van der Waals surface area contributed by atoms with Crippen LogP contribution in [0.25, 0.3) is 0 Å². The summed E-state index contributed by atoms with van der Waals surface area (Å²) < 4.78 is 4.96. The molecule has 0 aliphatic carbocycles. The first-order valence-electron chi connectivity index (χ1n) is 6.95. The van der Waals surface area contributed by atoms with E-state index in [0.717, 1.165) is 0 Å². The van der Waals surface area contributed by atoms with Crippen LogP contribution in [0.1, 0.15) is 32.0 Å². The zero-order chi connectivity index (χ0) is 17.0. The van der Waals surface area contributed by atoms with Crippen molar-refractivity contribution in [2.24, 2.45) is 5.10 Å². The minimum absolute atomic E-state index is 0.0131. The van der Waals surface area contributed by atoms with Crippen LogP contribution in [0.4, 0.5) is 5.95 Å². The minimum atomic E-state index is -0.386. The summed E-state index contributed by atoms with van der Waals surface area (Å²) in [5.74, 6) is 0.527. The number of hydrazone groups is 1. The van der Waals surface area contributed by atoms with Crippen LogP contribution in [0, 0.1) is 0 Å². The Kier molecular flexibility index (Phi) is 4.63. The van der Waals surface area contributed by atoms with Gasteiger partial charge in [-0.15, -0.1) is 10.2 Å². The largest absolute Gasteiger partial charge is 0.504 e. The van der Waals surface area contributed by atoms with E-state index in [2.05, 4.69) is 25.7 Å².